The Bertz CT molecular complexity index is 692. The van der Waals surface area contributed by atoms with Gasteiger partial charge in [0, 0.05) is 6.07 Å². The standard InChI is InChI=1S/C14H21N3O6S/c1-4-17(5-2,6-3)24(21,22)15-14(18)23-11-12-9-7-8-10-13(12)16(19)20/h7-10H,4-6,11H2,1-3H3/p+1. The topological polar surface area (TPSA) is 116 Å². The molecular formula is C14H22N3O6S+. The van der Waals surface area contributed by atoms with Gasteiger partial charge in [0.1, 0.15) is 6.61 Å². The van der Waals surface area contributed by atoms with Gasteiger partial charge in [0.2, 0.25) is 0 Å². The van der Waals surface area contributed by atoms with Crippen LogP contribution in [0.3, 0.4) is 0 Å². The van der Waals surface area contributed by atoms with Crippen LogP contribution < -0.4 is 4.72 Å². The summed E-state index contributed by atoms with van der Waals surface area (Å²) in [6.45, 7) is 5.61. The number of carbonyl (C=O) groups is 1. The highest BCUT2D eigenvalue weighted by Gasteiger charge is 2.39. The molecule has 0 spiro atoms. The van der Waals surface area contributed by atoms with E-state index in [9.17, 15) is 23.3 Å². The number of ether oxygens (including phenoxy) is 1. The van der Waals surface area contributed by atoms with Crippen LogP contribution in [-0.2, 0) is 21.6 Å². The summed E-state index contributed by atoms with van der Waals surface area (Å²) in [6, 6.07) is 5.76. The van der Waals surface area contributed by atoms with Crippen LogP contribution in [0.5, 0.6) is 0 Å². The lowest BCUT2D eigenvalue weighted by molar-refractivity contribution is -0.801. The third kappa shape index (κ3) is 4.20. The first kappa shape index (κ1) is 19.8. The number of carbonyl (C=O) groups excluding carboxylic acids is 1. The number of para-hydroxylation sites is 1. The average molecular weight is 360 g/mol. The first-order valence-corrected chi connectivity index (χ1v) is 8.95. The fourth-order valence-corrected chi connectivity index (χ4v) is 3.85. The molecule has 0 saturated carbocycles. The maximum atomic E-state index is 12.4. The predicted octanol–water partition coefficient (Wildman–Crippen LogP) is 1.94. The molecule has 0 saturated heterocycles. The number of hydrogen-bond donors (Lipinski definition) is 1. The fourth-order valence-electron chi connectivity index (χ4n) is 2.37. The molecule has 0 atom stereocenters. The van der Waals surface area contributed by atoms with Crippen molar-refractivity contribution in [1.29, 1.82) is 0 Å². The normalized spacial score (nSPS) is 11.8. The Labute approximate surface area is 141 Å². The molecule has 0 fully saturated rings. The summed E-state index contributed by atoms with van der Waals surface area (Å²) in [5, 5.41) is 10.9. The van der Waals surface area contributed by atoms with Gasteiger partial charge in [0.15, 0.2) is 0 Å². The number of nitrogens with zero attached hydrogens (tertiary/aromatic N) is 2. The van der Waals surface area contributed by atoms with Gasteiger partial charge in [0.25, 0.3) is 5.69 Å². The molecule has 10 heteroatoms. The number of rotatable bonds is 8. The van der Waals surface area contributed by atoms with Gasteiger partial charge < -0.3 is 4.74 Å². The summed E-state index contributed by atoms with van der Waals surface area (Å²) in [5.41, 5.74) is -0.0220. The van der Waals surface area contributed by atoms with E-state index in [0.29, 0.717) is 19.6 Å². The smallest absolute Gasteiger partial charge is 0.425 e. The summed E-state index contributed by atoms with van der Waals surface area (Å²) in [7, 11) is -3.99. The van der Waals surface area contributed by atoms with E-state index >= 15 is 0 Å². The van der Waals surface area contributed by atoms with Crippen molar-refractivity contribution in [2.24, 2.45) is 0 Å². The highest BCUT2D eigenvalue weighted by atomic mass is 32.2. The maximum absolute atomic E-state index is 12.4. The lowest BCUT2D eigenvalue weighted by Crippen LogP contribution is -2.58. The number of hydrogen-bond acceptors (Lipinski definition) is 6. The van der Waals surface area contributed by atoms with Crippen LogP contribution in [0.2, 0.25) is 0 Å². The summed E-state index contributed by atoms with van der Waals surface area (Å²) in [5.74, 6) is 0. The molecule has 24 heavy (non-hydrogen) atoms. The van der Waals surface area contributed by atoms with Crippen molar-refractivity contribution in [3.63, 3.8) is 0 Å². The molecule has 0 bridgehead atoms. The SMILES string of the molecule is CC[N+](CC)(CC)S(=O)(=O)NC(=O)OCc1ccccc1[N+](=O)[O-]. The fraction of sp³-hybridized carbons (Fsp3) is 0.500. The number of nitro benzene ring substituents is 1. The first-order chi connectivity index (χ1) is 11.2. The number of quaternary nitrogens is 1. The van der Waals surface area contributed by atoms with E-state index in [1.165, 1.54) is 18.2 Å². The molecule has 0 radical (unpaired) electrons. The zero-order valence-corrected chi connectivity index (χ0v) is 14.7. The summed E-state index contributed by atoms with van der Waals surface area (Å²) in [6.07, 6.45) is -1.16. The molecule has 1 amide bonds. The van der Waals surface area contributed by atoms with E-state index < -0.39 is 27.8 Å². The van der Waals surface area contributed by atoms with Gasteiger partial charge in [-0.2, -0.15) is 13.1 Å². The zero-order valence-electron chi connectivity index (χ0n) is 13.9. The lowest BCUT2D eigenvalue weighted by atomic mass is 10.2. The van der Waals surface area contributed by atoms with E-state index in [0.717, 1.165) is 0 Å². The van der Waals surface area contributed by atoms with Gasteiger partial charge in [0.05, 0.1) is 30.1 Å². The quantitative estimate of drug-likeness (QED) is 0.430. The van der Waals surface area contributed by atoms with Gasteiger partial charge >= 0.3 is 16.3 Å². The minimum atomic E-state index is -3.99. The Morgan fingerprint density at radius 1 is 1.21 bits per heavy atom. The van der Waals surface area contributed by atoms with Crippen LogP contribution in [0.4, 0.5) is 10.5 Å². The molecule has 1 rings (SSSR count). The molecule has 0 aromatic heterocycles. The van der Waals surface area contributed by atoms with E-state index in [2.05, 4.69) is 0 Å². The molecule has 0 aliphatic carbocycles. The molecule has 1 N–H and O–H groups in total. The van der Waals surface area contributed by atoms with Crippen LogP contribution in [-0.4, -0.2) is 43.0 Å². The third-order valence-electron chi connectivity index (χ3n) is 4.00. The van der Waals surface area contributed by atoms with Crippen molar-refractivity contribution in [2.75, 3.05) is 19.6 Å². The Hall–Kier alpha value is -2.20. The number of nitrogens with one attached hydrogen (secondary N) is 1. The summed E-state index contributed by atoms with van der Waals surface area (Å²) >= 11 is 0. The summed E-state index contributed by atoms with van der Waals surface area (Å²) < 4.78 is 31.2. The van der Waals surface area contributed by atoms with E-state index in [4.69, 9.17) is 4.74 Å². The zero-order chi connectivity index (χ0) is 18.4. The molecule has 9 nitrogen and oxygen atoms in total. The number of nitro groups is 1. The van der Waals surface area contributed by atoms with Crippen molar-refractivity contribution >= 4 is 22.0 Å². The van der Waals surface area contributed by atoms with Gasteiger partial charge in [-0.05, 0) is 26.8 Å². The summed E-state index contributed by atoms with van der Waals surface area (Å²) in [4.78, 5) is 22.1. The molecule has 0 unspecified atom stereocenters. The lowest BCUT2D eigenvalue weighted by Gasteiger charge is -2.32. The minimum absolute atomic E-state index is 0.178. The predicted molar refractivity (Wildman–Crippen MR) is 87.2 cm³/mol. The maximum Gasteiger partial charge on any atom is 0.425 e. The Morgan fingerprint density at radius 2 is 1.75 bits per heavy atom. The van der Waals surface area contributed by atoms with Crippen molar-refractivity contribution in [2.45, 2.75) is 27.4 Å². The van der Waals surface area contributed by atoms with Crippen molar-refractivity contribution in [3.05, 3.63) is 39.9 Å². The van der Waals surface area contributed by atoms with Crippen molar-refractivity contribution < 1.29 is 26.8 Å². The second-order valence-corrected chi connectivity index (χ2v) is 6.97. The van der Waals surface area contributed by atoms with Gasteiger partial charge in [-0.3, -0.25) is 10.1 Å². The molecule has 134 valence electrons. The second kappa shape index (κ2) is 8.06. The number of amides is 1. The van der Waals surface area contributed by atoms with Crippen LogP contribution in [0.25, 0.3) is 0 Å². The Kier molecular flexibility index (Phi) is 6.67. The highest BCUT2D eigenvalue weighted by molar-refractivity contribution is 7.84. The molecule has 0 aliphatic rings. The van der Waals surface area contributed by atoms with Crippen LogP contribution in [0.1, 0.15) is 26.3 Å². The van der Waals surface area contributed by atoms with Crippen molar-refractivity contribution in [3.8, 4) is 0 Å². The highest BCUT2D eigenvalue weighted by Crippen LogP contribution is 2.19. The van der Waals surface area contributed by atoms with Crippen LogP contribution >= 0.6 is 0 Å². The van der Waals surface area contributed by atoms with Gasteiger partial charge in [-0.15, -0.1) is 0 Å². The molecule has 0 heterocycles. The van der Waals surface area contributed by atoms with Crippen molar-refractivity contribution in [1.82, 2.24) is 4.72 Å². The van der Waals surface area contributed by atoms with E-state index in [-0.39, 0.29) is 15.1 Å². The molecule has 0 aliphatic heterocycles. The molecular weight excluding hydrogens is 338 g/mol. The third-order valence-corrected chi connectivity index (χ3v) is 6.22. The van der Waals surface area contributed by atoms with Gasteiger partial charge in [-0.1, -0.05) is 12.1 Å². The largest absolute Gasteiger partial charge is 0.444 e. The van der Waals surface area contributed by atoms with Crippen LogP contribution in [0, 0.1) is 10.1 Å². The average Bonchev–Trinajstić information content (AvgIpc) is 2.54. The minimum Gasteiger partial charge on any atom is -0.444 e. The second-order valence-electron chi connectivity index (χ2n) is 5.05. The Morgan fingerprint density at radius 3 is 2.25 bits per heavy atom. The van der Waals surface area contributed by atoms with Gasteiger partial charge in [-0.25, -0.2) is 8.68 Å². The van der Waals surface area contributed by atoms with E-state index in [1.807, 2.05) is 4.72 Å². The molecule has 1 aromatic carbocycles. The first-order valence-electron chi connectivity index (χ1n) is 7.51. The molecule has 1 aromatic rings. The Balaban J connectivity index is 2.82. The monoisotopic (exact) mass is 360 g/mol. The van der Waals surface area contributed by atoms with E-state index in [1.54, 1.807) is 26.8 Å². The number of benzene rings is 1. The van der Waals surface area contributed by atoms with Crippen LogP contribution in [0.15, 0.2) is 24.3 Å².